The SMILES string of the molecule is CC(CC(N)=S)C(=O)Nc1cccc(Br)c1. The van der Waals surface area contributed by atoms with Crippen molar-refractivity contribution in [2.24, 2.45) is 11.7 Å². The van der Waals surface area contributed by atoms with Crippen molar-refractivity contribution >= 4 is 44.7 Å². The average molecular weight is 301 g/mol. The molecule has 3 N–H and O–H groups in total. The Morgan fingerprint density at radius 1 is 1.62 bits per heavy atom. The second-order valence-corrected chi connectivity index (χ2v) is 5.01. The van der Waals surface area contributed by atoms with Gasteiger partial charge in [-0.25, -0.2) is 0 Å². The van der Waals surface area contributed by atoms with E-state index in [1.165, 1.54) is 0 Å². The lowest BCUT2D eigenvalue weighted by Gasteiger charge is -2.11. The van der Waals surface area contributed by atoms with Crippen molar-refractivity contribution in [2.75, 3.05) is 5.32 Å². The van der Waals surface area contributed by atoms with Gasteiger partial charge in [0, 0.05) is 22.5 Å². The maximum Gasteiger partial charge on any atom is 0.227 e. The number of rotatable bonds is 4. The lowest BCUT2D eigenvalue weighted by molar-refractivity contribution is -0.119. The molecule has 0 spiro atoms. The Morgan fingerprint density at radius 3 is 2.88 bits per heavy atom. The molecule has 1 unspecified atom stereocenters. The Balaban J connectivity index is 2.60. The fourth-order valence-electron chi connectivity index (χ4n) is 1.23. The molecular weight excluding hydrogens is 288 g/mol. The molecule has 86 valence electrons. The van der Waals surface area contributed by atoms with Gasteiger partial charge in [-0.05, 0) is 18.2 Å². The Labute approximate surface area is 109 Å². The Morgan fingerprint density at radius 2 is 2.31 bits per heavy atom. The molecule has 1 atom stereocenters. The zero-order valence-corrected chi connectivity index (χ0v) is 11.3. The number of anilines is 1. The number of amides is 1. The summed E-state index contributed by atoms with van der Waals surface area (Å²) in [6, 6.07) is 7.42. The zero-order valence-electron chi connectivity index (χ0n) is 8.87. The molecule has 0 saturated heterocycles. The molecule has 0 heterocycles. The van der Waals surface area contributed by atoms with Crippen LogP contribution in [-0.2, 0) is 4.79 Å². The summed E-state index contributed by atoms with van der Waals surface area (Å²) < 4.78 is 0.923. The Hall–Kier alpha value is -0.940. The van der Waals surface area contributed by atoms with E-state index in [0.717, 1.165) is 10.2 Å². The van der Waals surface area contributed by atoms with Crippen LogP contribution in [0.2, 0.25) is 0 Å². The average Bonchev–Trinajstić information content (AvgIpc) is 2.16. The molecule has 1 aromatic carbocycles. The van der Waals surface area contributed by atoms with Crippen LogP contribution in [0.3, 0.4) is 0 Å². The minimum Gasteiger partial charge on any atom is -0.393 e. The summed E-state index contributed by atoms with van der Waals surface area (Å²) in [5.74, 6) is -0.289. The summed E-state index contributed by atoms with van der Waals surface area (Å²) in [5.41, 5.74) is 6.15. The highest BCUT2D eigenvalue weighted by atomic mass is 79.9. The molecule has 0 radical (unpaired) electrons. The van der Waals surface area contributed by atoms with E-state index in [-0.39, 0.29) is 11.8 Å². The zero-order chi connectivity index (χ0) is 12.1. The minimum atomic E-state index is -0.212. The van der Waals surface area contributed by atoms with Crippen LogP contribution in [0.1, 0.15) is 13.3 Å². The van der Waals surface area contributed by atoms with Crippen LogP contribution < -0.4 is 11.1 Å². The molecule has 0 aliphatic rings. The van der Waals surface area contributed by atoms with Crippen LogP contribution in [0, 0.1) is 5.92 Å². The number of hydrogen-bond donors (Lipinski definition) is 2. The maximum atomic E-state index is 11.7. The molecule has 0 fully saturated rings. The summed E-state index contributed by atoms with van der Waals surface area (Å²) >= 11 is 8.10. The number of halogens is 1. The number of benzene rings is 1. The molecule has 0 aromatic heterocycles. The predicted octanol–water partition coefficient (Wildman–Crippen LogP) is 2.70. The number of nitrogens with one attached hydrogen (secondary N) is 1. The molecule has 3 nitrogen and oxygen atoms in total. The molecule has 16 heavy (non-hydrogen) atoms. The molecule has 0 aliphatic carbocycles. The van der Waals surface area contributed by atoms with Crippen LogP contribution in [0.15, 0.2) is 28.7 Å². The van der Waals surface area contributed by atoms with Gasteiger partial charge in [0.25, 0.3) is 0 Å². The fourth-order valence-corrected chi connectivity index (χ4v) is 1.88. The van der Waals surface area contributed by atoms with E-state index in [4.69, 9.17) is 18.0 Å². The van der Waals surface area contributed by atoms with Crippen molar-refractivity contribution in [3.8, 4) is 0 Å². The normalized spacial score (nSPS) is 11.9. The van der Waals surface area contributed by atoms with Crippen molar-refractivity contribution in [1.82, 2.24) is 0 Å². The van der Waals surface area contributed by atoms with Gasteiger partial charge in [-0.1, -0.05) is 41.1 Å². The summed E-state index contributed by atoms with van der Waals surface area (Å²) in [4.78, 5) is 12.1. The molecular formula is C11H13BrN2OS. The lowest BCUT2D eigenvalue weighted by atomic mass is 10.1. The standard InChI is InChI=1S/C11H13BrN2OS/c1-7(5-10(13)16)11(15)14-9-4-2-3-8(12)6-9/h2-4,6-7H,5H2,1H3,(H2,13,16)(H,14,15). The predicted molar refractivity (Wildman–Crippen MR) is 73.3 cm³/mol. The van der Waals surface area contributed by atoms with Crippen LogP contribution in [0.4, 0.5) is 5.69 Å². The highest BCUT2D eigenvalue weighted by Crippen LogP contribution is 2.16. The first-order valence-corrected chi connectivity index (χ1v) is 6.04. The number of carbonyl (C=O) groups is 1. The van der Waals surface area contributed by atoms with E-state index in [1.54, 1.807) is 6.92 Å². The first-order chi connectivity index (χ1) is 7.49. The van der Waals surface area contributed by atoms with Crippen LogP contribution in [0.25, 0.3) is 0 Å². The van der Waals surface area contributed by atoms with Gasteiger partial charge in [0.2, 0.25) is 5.91 Å². The van der Waals surface area contributed by atoms with Gasteiger partial charge < -0.3 is 11.1 Å². The quantitative estimate of drug-likeness (QED) is 0.841. The van der Waals surface area contributed by atoms with E-state index in [9.17, 15) is 4.79 Å². The van der Waals surface area contributed by atoms with Gasteiger partial charge in [0.15, 0.2) is 0 Å². The molecule has 5 heteroatoms. The Bertz CT molecular complexity index is 409. The third-order valence-corrected chi connectivity index (χ3v) is 2.71. The van der Waals surface area contributed by atoms with E-state index in [2.05, 4.69) is 21.2 Å². The second-order valence-electron chi connectivity index (χ2n) is 3.57. The topological polar surface area (TPSA) is 55.1 Å². The van der Waals surface area contributed by atoms with Gasteiger partial charge in [-0.2, -0.15) is 0 Å². The summed E-state index contributed by atoms with van der Waals surface area (Å²) in [6.45, 7) is 1.80. The van der Waals surface area contributed by atoms with Gasteiger partial charge in [0.05, 0.1) is 4.99 Å². The van der Waals surface area contributed by atoms with E-state index >= 15 is 0 Å². The maximum absolute atomic E-state index is 11.7. The van der Waals surface area contributed by atoms with Crippen molar-refractivity contribution in [3.05, 3.63) is 28.7 Å². The summed E-state index contributed by atoms with van der Waals surface area (Å²) in [7, 11) is 0. The van der Waals surface area contributed by atoms with E-state index in [0.29, 0.717) is 11.4 Å². The highest BCUT2D eigenvalue weighted by molar-refractivity contribution is 9.10. The second kappa shape index (κ2) is 5.96. The number of carbonyl (C=O) groups excluding carboxylic acids is 1. The third kappa shape index (κ3) is 4.28. The van der Waals surface area contributed by atoms with Gasteiger partial charge >= 0.3 is 0 Å². The molecule has 1 rings (SSSR count). The van der Waals surface area contributed by atoms with Gasteiger partial charge in [0.1, 0.15) is 0 Å². The largest absolute Gasteiger partial charge is 0.393 e. The third-order valence-electron chi connectivity index (χ3n) is 2.05. The molecule has 0 saturated carbocycles. The highest BCUT2D eigenvalue weighted by Gasteiger charge is 2.13. The van der Waals surface area contributed by atoms with Crippen molar-refractivity contribution in [3.63, 3.8) is 0 Å². The molecule has 0 aliphatic heterocycles. The summed E-state index contributed by atoms with van der Waals surface area (Å²) in [5, 5.41) is 2.80. The van der Waals surface area contributed by atoms with Crippen molar-refractivity contribution in [1.29, 1.82) is 0 Å². The van der Waals surface area contributed by atoms with Crippen LogP contribution in [-0.4, -0.2) is 10.9 Å². The molecule has 1 amide bonds. The monoisotopic (exact) mass is 300 g/mol. The van der Waals surface area contributed by atoms with Crippen molar-refractivity contribution < 1.29 is 4.79 Å². The van der Waals surface area contributed by atoms with Crippen molar-refractivity contribution in [2.45, 2.75) is 13.3 Å². The van der Waals surface area contributed by atoms with Gasteiger partial charge in [-0.3, -0.25) is 4.79 Å². The minimum absolute atomic E-state index is 0.0779. The van der Waals surface area contributed by atoms with Gasteiger partial charge in [-0.15, -0.1) is 0 Å². The molecule has 1 aromatic rings. The number of nitrogens with two attached hydrogens (primary N) is 1. The number of hydrogen-bond acceptors (Lipinski definition) is 2. The Kier molecular flexibility index (Phi) is 4.89. The van der Waals surface area contributed by atoms with E-state index in [1.807, 2.05) is 24.3 Å². The molecule has 0 bridgehead atoms. The first kappa shape index (κ1) is 13.1. The first-order valence-electron chi connectivity index (χ1n) is 4.84. The summed E-state index contributed by atoms with van der Waals surface area (Å²) in [6.07, 6.45) is 0.426. The number of thiocarbonyl (C=S) groups is 1. The van der Waals surface area contributed by atoms with Crippen LogP contribution >= 0.6 is 28.1 Å². The smallest absolute Gasteiger partial charge is 0.227 e. The fraction of sp³-hybridized carbons (Fsp3) is 0.273. The van der Waals surface area contributed by atoms with Crippen LogP contribution in [0.5, 0.6) is 0 Å². The lowest BCUT2D eigenvalue weighted by Crippen LogP contribution is -2.24. The van der Waals surface area contributed by atoms with E-state index < -0.39 is 0 Å².